The van der Waals surface area contributed by atoms with Crippen LogP contribution in [0.15, 0.2) is 18.2 Å². The number of benzene rings is 1. The number of hydrogen-bond acceptors (Lipinski definition) is 4. The Balaban J connectivity index is 1.31. The highest BCUT2D eigenvalue weighted by atomic mass is 35.5. The fraction of sp³-hybridized carbons (Fsp3) is 0.682. The van der Waals surface area contributed by atoms with E-state index < -0.39 is 9.84 Å². The second kappa shape index (κ2) is 7.73. The summed E-state index contributed by atoms with van der Waals surface area (Å²) in [6.07, 6.45) is 5.19. The van der Waals surface area contributed by atoms with Gasteiger partial charge in [0.15, 0.2) is 9.84 Å². The Kier molecular flexibility index (Phi) is 5.62. The molecule has 1 spiro atoms. The van der Waals surface area contributed by atoms with Gasteiger partial charge in [-0.25, -0.2) is 8.42 Å². The maximum Gasteiger partial charge on any atom is 0.151 e. The number of Topliss-reactive ketones (excluding diaryl/α,β-unsaturated/α-hetero) is 1. The van der Waals surface area contributed by atoms with E-state index in [0.717, 1.165) is 50.3 Å². The summed E-state index contributed by atoms with van der Waals surface area (Å²) in [5, 5.41) is 0.837. The van der Waals surface area contributed by atoms with Gasteiger partial charge in [0.25, 0.3) is 0 Å². The Morgan fingerprint density at radius 1 is 1.25 bits per heavy atom. The van der Waals surface area contributed by atoms with Gasteiger partial charge in [-0.1, -0.05) is 30.7 Å². The molecular weight excluding hydrogens is 394 g/mol. The molecule has 1 aromatic rings. The minimum atomic E-state index is -2.76. The van der Waals surface area contributed by atoms with Crippen LogP contribution in [0.3, 0.4) is 0 Å². The average molecular weight is 424 g/mol. The highest BCUT2D eigenvalue weighted by Gasteiger charge is 2.51. The van der Waals surface area contributed by atoms with E-state index in [0.29, 0.717) is 42.0 Å². The van der Waals surface area contributed by atoms with Gasteiger partial charge in [0, 0.05) is 36.4 Å². The second-order valence-electron chi connectivity index (χ2n) is 9.50. The zero-order chi connectivity index (χ0) is 19.9. The van der Waals surface area contributed by atoms with Crippen molar-refractivity contribution in [3.63, 3.8) is 0 Å². The van der Waals surface area contributed by atoms with Crippen molar-refractivity contribution < 1.29 is 13.2 Å². The van der Waals surface area contributed by atoms with Crippen molar-refractivity contribution >= 4 is 27.2 Å². The topological polar surface area (TPSA) is 54.5 Å². The largest absolute Gasteiger partial charge is 0.302 e. The summed E-state index contributed by atoms with van der Waals surface area (Å²) in [5.74, 6) is 2.06. The third-order valence-corrected chi connectivity index (χ3v) is 9.20. The standard InChI is InChI=1S/C22H30ClNO3S/c1-16(12-24-9-8-22(13-24)14-28(26,27)15-22)10-17-2-7-20(21(23)11-17)18-3-5-19(25)6-4-18/h2,7,11,16,18H,3-6,8-10,12-15H2,1H3/t16-/m1/s1. The van der Waals surface area contributed by atoms with Gasteiger partial charge in [0.2, 0.25) is 0 Å². The molecule has 0 N–H and O–H groups in total. The van der Waals surface area contributed by atoms with Crippen molar-refractivity contribution in [2.75, 3.05) is 31.1 Å². The first-order valence-electron chi connectivity index (χ1n) is 10.5. The molecule has 0 amide bonds. The fourth-order valence-electron chi connectivity index (χ4n) is 5.50. The minimum absolute atomic E-state index is 0.0465. The molecule has 3 fully saturated rings. The SMILES string of the molecule is C[C@H](Cc1ccc(C2CCC(=O)CC2)c(Cl)c1)CN1CCC2(C1)CS(=O)(=O)C2. The number of nitrogens with zero attached hydrogens (tertiary/aromatic N) is 1. The molecule has 4 nitrogen and oxygen atoms in total. The first-order valence-corrected chi connectivity index (χ1v) is 12.7. The quantitative estimate of drug-likeness (QED) is 0.721. The number of hydrogen-bond donors (Lipinski definition) is 0. The molecule has 6 heteroatoms. The fourth-order valence-corrected chi connectivity index (χ4v) is 8.11. The van der Waals surface area contributed by atoms with E-state index in [1.165, 1.54) is 11.1 Å². The van der Waals surface area contributed by atoms with Crippen LogP contribution in [0.25, 0.3) is 0 Å². The van der Waals surface area contributed by atoms with Gasteiger partial charge < -0.3 is 4.90 Å². The molecule has 3 aliphatic rings. The lowest BCUT2D eigenvalue weighted by atomic mass is 9.83. The zero-order valence-corrected chi connectivity index (χ0v) is 18.2. The molecular formula is C22H30ClNO3S. The van der Waals surface area contributed by atoms with Crippen LogP contribution in [0.4, 0.5) is 0 Å². The molecule has 2 saturated heterocycles. The van der Waals surface area contributed by atoms with Gasteiger partial charge in [-0.2, -0.15) is 0 Å². The van der Waals surface area contributed by atoms with Crippen molar-refractivity contribution in [1.82, 2.24) is 4.90 Å². The van der Waals surface area contributed by atoms with Gasteiger partial charge in [-0.05, 0) is 61.3 Å². The van der Waals surface area contributed by atoms with Gasteiger partial charge >= 0.3 is 0 Å². The smallest absolute Gasteiger partial charge is 0.151 e. The number of carbonyl (C=O) groups is 1. The molecule has 154 valence electrons. The number of carbonyl (C=O) groups excluding carboxylic acids is 1. The predicted octanol–water partition coefficient (Wildman–Crippen LogP) is 3.87. The van der Waals surface area contributed by atoms with Crippen LogP contribution in [0.2, 0.25) is 5.02 Å². The van der Waals surface area contributed by atoms with Gasteiger partial charge in [0.1, 0.15) is 5.78 Å². The molecule has 0 radical (unpaired) electrons. The van der Waals surface area contributed by atoms with Crippen LogP contribution < -0.4 is 0 Å². The first kappa shape index (κ1) is 20.4. The number of rotatable bonds is 5. The summed E-state index contributed by atoms with van der Waals surface area (Å²) < 4.78 is 23.1. The predicted molar refractivity (Wildman–Crippen MR) is 113 cm³/mol. The molecule has 1 atom stereocenters. The Morgan fingerprint density at radius 2 is 1.96 bits per heavy atom. The van der Waals surface area contributed by atoms with Crippen LogP contribution in [-0.4, -0.2) is 50.2 Å². The molecule has 2 aliphatic heterocycles. The highest BCUT2D eigenvalue weighted by molar-refractivity contribution is 7.92. The van der Waals surface area contributed by atoms with Crippen molar-refractivity contribution in [3.05, 3.63) is 34.3 Å². The van der Waals surface area contributed by atoms with E-state index in [4.69, 9.17) is 11.6 Å². The van der Waals surface area contributed by atoms with Crippen LogP contribution >= 0.6 is 11.6 Å². The van der Waals surface area contributed by atoms with Crippen molar-refractivity contribution in [2.45, 2.75) is 51.4 Å². The summed E-state index contributed by atoms with van der Waals surface area (Å²) in [5.41, 5.74) is 2.50. The summed E-state index contributed by atoms with van der Waals surface area (Å²) in [6.45, 7) is 5.21. The normalized spacial score (nSPS) is 25.7. The Labute approximate surface area is 173 Å². The lowest BCUT2D eigenvalue weighted by Crippen LogP contribution is -2.50. The van der Waals surface area contributed by atoms with Crippen molar-refractivity contribution in [2.24, 2.45) is 11.3 Å². The van der Waals surface area contributed by atoms with Gasteiger partial charge in [-0.3, -0.25) is 4.79 Å². The van der Waals surface area contributed by atoms with Crippen LogP contribution in [0.1, 0.15) is 56.1 Å². The second-order valence-corrected chi connectivity index (χ2v) is 12.0. The summed E-state index contributed by atoms with van der Waals surface area (Å²) in [6, 6.07) is 6.46. The van der Waals surface area contributed by atoms with Crippen LogP contribution in [-0.2, 0) is 21.1 Å². The summed E-state index contributed by atoms with van der Waals surface area (Å²) in [4.78, 5) is 13.9. The van der Waals surface area contributed by atoms with Gasteiger partial charge in [-0.15, -0.1) is 0 Å². The lowest BCUT2D eigenvalue weighted by molar-refractivity contribution is -0.120. The Morgan fingerprint density at radius 3 is 2.61 bits per heavy atom. The van der Waals surface area contributed by atoms with Crippen LogP contribution in [0, 0.1) is 11.3 Å². The molecule has 0 aromatic heterocycles. The molecule has 1 saturated carbocycles. The molecule has 1 aliphatic carbocycles. The van der Waals surface area contributed by atoms with E-state index in [2.05, 4.69) is 30.0 Å². The Bertz CT molecular complexity index is 845. The minimum Gasteiger partial charge on any atom is -0.302 e. The number of likely N-dealkylation sites (tertiary alicyclic amines) is 1. The van der Waals surface area contributed by atoms with Crippen molar-refractivity contribution in [1.29, 1.82) is 0 Å². The summed E-state index contributed by atoms with van der Waals surface area (Å²) >= 11 is 6.59. The maximum absolute atomic E-state index is 11.6. The first-order chi connectivity index (χ1) is 13.2. The monoisotopic (exact) mass is 423 g/mol. The van der Waals surface area contributed by atoms with E-state index in [9.17, 15) is 13.2 Å². The van der Waals surface area contributed by atoms with Crippen LogP contribution in [0.5, 0.6) is 0 Å². The zero-order valence-electron chi connectivity index (χ0n) is 16.6. The number of halogens is 1. The van der Waals surface area contributed by atoms with Crippen molar-refractivity contribution in [3.8, 4) is 0 Å². The van der Waals surface area contributed by atoms with E-state index >= 15 is 0 Å². The maximum atomic E-state index is 11.6. The van der Waals surface area contributed by atoms with E-state index in [1.54, 1.807) is 0 Å². The molecule has 1 aromatic carbocycles. The molecule has 2 heterocycles. The molecule has 4 rings (SSSR count). The molecule has 28 heavy (non-hydrogen) atoms. The van der Waals surface area contributed by atoms with E-state index in [1.807, 2.05) is 0 Å². The lowest BCUT2D eigenvalue weighted by Gasteiger charge is -2.37. The third-order valence-electron chi connectivity index (χ3n) is 6.77. The summed E-state index contributed by atoms with van der Waals surface area (Å²) in [7, 11) is -2.76. The van der Waals surface area contributed by atoms with Gasteiger partial charge in [0.05, 0.1) is 11.5 Å². The Hall–Kier alpha value is -0.910. The number of ketones is 1. The highest BCUT2D eigenvalue weighted by Crippen LogP contribution is 2.41. The average Bonchev–Trinajstić information content (AvgIpc) is 2.97. The third kappa shape index (κ3) is 4.47. The molecule has 0 unspecified atom stereocenters. The molecule has 0 bridgehead atoms. The number of sulfone groups is 1. The van der Waals surface area contributed by atoms with E-state index in [-0.39, 0.29) is 5.41 Å².